The normalized spacial score (nSPS) is 13.8. The molecule has 1 unspecified atom stereocenters. The molecule has 0 aliphatic heterocycles. The van der Waals surface area contributed by atoms with Crippen molar-refractivity contribution in [2.45, 2.75) is 12.3 Å². The van der Waals surface area contributed by atoms with Gasteiger partial charge in [-0.3, -0.25) is 4.98 Å². The highest BCUT2D eigenvalue weighted by Crippen LogP contribution is 2.38. The van der Waals surface area contributed by atoms with Gasteiger partial charge in [0, 0.05) is 61.7 Å². The van der Waals surface area contributed by atoms with E-state index in [1.807, 2.05) is 42.6 Å². The van der Waals surface area contributed by atoms with E-state index in [-0.39, 0.29) is 5.92 Å². The highest BCUT2D eigenvalue weighted by molar-refractivity contribution is 6.11. The van der Waals surface area contributed by atoms with E-state index in [1.165, 1.54) is 43.7 Å². The molecule has 0 saturated heterocycles. The quantitative estimate of drug-likeness (QED) is 0.161. The minimum Gasteiger partial charge on any atom is -0.309 e. The summed E-state index contributed by atoms with van der Waals surface area (Å²) in [5.74, 6) is 2.15. The fraction of sp³-hybridized carbons (Fsp3) is 0.0357. The predicted octanol–water partition coefficient (Wildman–Crippen LogP) is 13.7. The largest absolute Gasteiger partial charge is 0.309 e. The summed E-state index contributed by atoms with van der Waals surface area (Å²) in [6.45, 7) is 0. The van der Waals surface area contributed by atoms with Gasteiger partial charge in [-0.05, 0) is 84.3 Å². The highest BCUT2D eigenvalue weighted by atomic mass is 15.0. The fourth-order valence-corrected chi connectivity index (χ4v) is 9.12. The molecule has 4 aromatic heterocycles. The van der Waals surface area contributed by atoms with E-state index in [1.54, 1.807) is 0 Å². The third-order valence-corrected chi connectivity index (χ3v) is 12.1. The lowest BCUT2D eigenvalue weighted by Gasteiger charge is -2.14. The first-order valence-corrected chi connectivity index (χ1v) is 21.1. The van der Waals surface area contributed by atoms with Gasteiger partial charge in [0.2, 0.25) is 0 Å². The van der Waals surface area contributed by atoms with Gasteiger partial charge in [0.05, 0.1) is 27.8 Å². The van der Waals surface area contributed by atoms with Gasteiger partial charge in [-0.2, -0.15) is 0 Å². The molecule has 0 spiro atoms. The number of benzene rings is 7. The lowest BCUT2D eigenvalue weighted by molar-refractivity contribution is 0.764. The average Bonchev–Trinajstić information content (AvgIpc) is 3.87. The third kappa shape index (κ3) is 6.11. The van der Waals surface area contributed by atoms with Crippen molar-refractivity contribution in [3.05, 3.63) is 218 Å². The maximum absolute atomic E-state index is 5.05. The number of hydrogen-bond acceptors (Lipinski definition) is 4. The van der Waals surface area contributed by atoms with Crippen molar-refractivity contribution in [3.63, 3.8) is 0 Å². The van der Waals surface area contributed by atoms with Gasteiger partial charge in [0.25, 0.3) is 0 Å². The fourth-order valence-electron chi connectivity index (χ4n) is 9.12. The molecule has 0 radical (unpaired) electrons. The molecule has 0 fully saturated rings. The standard InChI is InChI=1S/C56H38N6/c1-4-14-38(15-5-1)54-58-55(39-16-6-2-7-17-39)60-56(59-54)42-32-33-57-49(35-42)41-26-30-47-45-20-10-12-22-50(45)62(53(47)36-41)44-28-24-37(25-29-44)40-27-31-52-48(34-40)46-21-11-13-23-51(46)61(52)43-18-8-3-9-19-43/h1-16,18-36,39H,17H2. The van der Waals surface area contributed by atoms with E-state index >= 15 is 0 Å². The van der Waals surface area contributed by atoms with E-state index in [4.69, 9.17) is 19.9 Å². The second-order valence-corrected chi connectivity index (χ2v) is 15.8. The summed E-state index contributed by atoms with van der Waals surface area (Å²) in [4.78, 5) is 19.9. The van der Waals surface area contributed by atoms with Gasteiger partial charge in [-0.15, -0.1) is 0 Å². The number of hydrogen-bond donors (Lipinski definition) is 0. The van der Waals surface area contributed by atoms with Gasteiger partial charge in [-0.1, -0.05) is 140 Å². The molecule has 0 amide bonds. The molecular formula is C56H38N6. The van der Waals surface area contributed by atoms with Crippen LogP contribution < -0.4 is 0 Å². The topological polar surface area (TPSA) is 61.4 Å². The van der Waals surface area contributed by atoms with Crippen LogP contribution in [-0.4, -0.2) is 29.1 Å². The van der Waals surface area contributed by atoms with Crippen LogP contribution in [0.3, 0.4) is 0 Å². The zero-order chi connectivity index (χ0) is 41.0. The first-order chi connectivity index (χ1) is 30.7. The maximum atomic E-state index is 5.05. The molecule has 292 valence electrons. The summed E-state index contributed by atoms with van der Waals surface area (Å²) in [7, 11) is 0. The Bertz CT molecular complexity index is 3540. The van der Waals surface area contributed by atoms with Crippen LogP contribution in [0, 0.1) is 0 Å². The van der Waals surface area contributed by atoms with Crippen LogP contribution in [0.25, 0.3) is 100 Å². The molecule has 1 atom stereocenters. The smallest absolute Gasteiger partial charge is 0.163 e. The number of fused-ring (bicyclic) bond motifs is 6. The number of nitrogens with zero attached hydrogens (tertiary/aromatic N) is 6. The van der Waals surface area contributed by atoms with Gasteiger partial charge >= 0.3 is 0 Å². The lowest BCUT2D eigenvalue weighted by Crippen LogP contribution is -2.08. The van der Waals surface area contributed by atoms with Crippen molar-refractivity contribution in [1.29, 1.82) is 0 Å². The molecule has 7 aromatic carbocycles. The van der Waals surface area contributed by atoms with Crippen molar-refractivity contribution >= 4 is 43.6 Å². The lowest BCUT2D eigenvalue weighted by atomic mass is 10.00. The summed E-state index contributed by atoms with van der Waals surface area (Å²) in [5, 5.41) is 4.88. The second kappa shape index (κ2) is 14.8. The van der Waals surface area contributed by atoms with E-state index < -0.39 is 0 Å². The van der Waals surface area contributed by atoms with Crippen LogP contribution in [0.2, 0.25) is 0 Å². The Labute approximate surface area is 358 Å². The van der Waals surface area contributed by atoms with Crippen LogP contribution in [0.1, 0.15) is 18.2 Å². The molecular weight excluding hydrogens is 757 g/mol. The van der Waals surface area contributed by atoms with Crippen LogP contribution in [-0.2, 0) is 0 Å². The monoisotopic (exact) mass is 794 g/mol. The van der Waals surface area contributed by atoms with Crippen molar-refractivity contribution in [1.82, 2.24) is 29.1 Å². The summed E-state index contributed by atoms with van der Waals surface area (Å²) < 4.78 is 4.73. The third-order valence-electron chi connectivity index (χ3n) is 12.1. The van der Waals surface area contributed by atoms with Crippen LogP contribution in [0.4, 0.5) is 0 Å². The first kappa shape index (κ1) is 35.7. The predicted molar refractivity (Wildman–Crippen MR) is 254 cm³/mol. The molecule has 1 aliphatic rings. The van der Waals surface area contributed by atoms with E-state index in [0.29, 0.717) is 11.6 Å². The van der Waals surface area contributed by atoms with E-state index in [2.05, 4.69) is 179 Å². The molecule has 4 heterocycles. The zero-order valence-electron chi connectivity index (χ0n) is 33.7. The maximum Gasteiger partial charge on any atom is 0.163 e. The summed E-state index contributed by atoms with van der Waals surface area (Å²) in [5.41, 5.74) is 13.0. The van der Waals surface area contributed by atoms with Crippen molar-refractivity contribution < 1.29 is 0 Å². The minimum atomic E-state index is 0.0840. The number of para-hydroxylation sites is 3. The highest BCUT2D eigenvalue weighted by Gasteiger charge is 2.19. The molecule has 62 heavy (non-hydrogen) atoms. The number of allylic oxidation sites excluding steroid dienone is 4. The molecule has 1 aliphatic carbocycles. The van der Waals surface area contributed by atoms with E-state index in [0.717, 1.165) is 57.0 Å². The average molecular weight is 795 g/mol. The number of pyridine rings is 1. The Hall–Kier alpha value is -8.22. The molecule has 6 heteroatoms. The van der Waals surface area contributed by atoms with Crippen molar-refractivity contribution in [2.24, 2.45) is 0 Å². The number of rotatable bonds is 7. The Kier molecular flexibility index (Phi) is 8.52. The summed E-state index contributed by atoms with van der Waals surface area (Å²) in [6.07, 6.45) is 11.2. The van der Waals surface area contributed by atoms with Gasteiger partial charge in [0.15, 0.2) is 11.6 Å². The van der Waals surface area contributed by atoms with E-state index in [9.17, 15) is 0 Å². The number of aromatic nitrogens is 6. The van der Waals surface area contributed by atoms with Crippen LogP contribution >= 0.6 is 0 Å². The summed E-state index contributed by atoms with van der Waals surface area (Å²) >= 11 is 0. The Morgan fingerprint density at radius 3 is 1.77 bits per heavy atom. The molecule has 0 bridgehead atoms. The Morgan fingerprint density at radius 2 is 1.02 bits per heavy atom. The summed E-state index contributed by atoms with van der Waals surface area (Å²) in [6, 6.07) is 64.6. The molecule has 11 aromatic rings. The second-order valence-electron chi connectivity index (χ2n) is 15.8. The van der Waals surface area contributed by atoms with Gasteiger partial charge in [0.1, 0.15) is 5.82 Å². The Morgan fingerprint density at radius 1 is 0.403 bits per heavy atom. The van der Waals surface area contributed by atoms with Crippen molar-refractivity contribution in [2.75, 3.05) is 0 Å². The Balaban J connectivity index is 0.932. The molecule has 6 nitrogen and oxygen atoms in total. The SMILES string of the molecule is C1=CCC(c2nc(-c3ccccc3)nc(-c3ccnc(-c4ccc5c6ccccc6n(-c6ccc(-c7ccc8c(c7)c7ccccc7n8-c7ccccc7)cc6)c5c4)c3)n2)C=C1. The molecule has 0 saturated carbocycles. The zero-order valence-corrected chi connectivity index (χ0v) is 33.7. The molecule has 12 rings (SSSR count). The first-order valence-electron chi connectivity index (χ1n) is 21.1. The van der Waals surface area contributed by atoms with Gasteiger partial charge < -0.3 is 9.13 Å². The van der Waals surface area contributed by atoms with Gasteiger partial charge in [-0.25, -0.2) is 15.0 Å². The van der Waals surface area contributed by atoms with Crippen LogP contribution in [0.5, 0.6) is 0 Å². The minimum absolute atomic E-state index is 0.0840. The van der Waals surface area contributed by atoms with Crippen molar-refractivity contribution in [3.8, 4) is 56.5 Å². The van der Waals surface area contributed by atoms with Crippen LogP contribution in [0.15, 0.2) is 212 Å². The molecule has 0 N–H and O–H groups in total.